The summed E-state index contributed by atoms with van der Waals surface area (Å²) in [5.74, 6) is 0.489. The van der Waals surface area contributed by atoms with Crippen LogP contribution in [0.3, 0.4) is 0 Å². The summed E-state index contributed by atoms with van der Waals surface area (Å²) in [5.41, 5.74) is 3.60. The summed E-state index contributed by atoms with van der Waals surface area (Å²) in [7, 11) is 0. The summed E-state index contributed by atoms with van der Waals surface area (Å²) in [6.45, 7) is 6.09. The number of benzene rings is 2. The highest BCUT2D eigenvalue weighted by Gasteiger charge is 2.15. The van der Waals surface area contributed by atoms with Gasteiger partial charge in [0.2, 0.25) is 5.91 Å². The van der Waals surface area contributed by atoms with Crippen LogP contribution in [-0.2, 0) is 17.8 Å². The van der Waals surface area contributed by atoms with Crippen LogP contribution in [0.1, 0.15) is 36.7 Å². The van der Waals surface area contributed by atoms with Crippen molar-refractivity contribution in [1.82, 2.24) is 24.6 Å². The van der Waals surface area contributed by atoms with Gasteiger partial charge in [-0.25, -0.2) is 9.67 Å². The predicted octanol–water partition coefficient (Wildman–Crippen LogP) is 3.73. The number of carbonyl (C=O) groups is 1. The highest BCUT2D eigenvalue weighted by Crippen LogP contribution is 2.15. The van der Waals surface area contributed by atoms with Crippen molar-refractivity contribution < 1.29 is 4.79 Å². The molecule has 0 aliphatic heterocycles. The standard InChI is InChI=1S/C26H29N5O2/c1-18-9-13-22(14-10-18)31-25-23(17-27-31)26(33)30(20(3)29-25)16-15-24(32)28-19(2)11-12-21-7-5-4-6-8-21/h4-10,13-14,17,19H,11-12,15-16H2,1-3H3,(H,28,32). The van der Waals surface area contributed by atoms with Crippen LogP contribution in [0.4, 0.5) is 0 Å². The number of hydrogen-bond acceptors (Lipinski definition) is 4. The van der Waals surface area contributed by atoms with E-state index in [9.17, 15) is 9.59 Å². The molecule has 1 N–H and O–H groups in total. The molecule has 1 unspecified atom stereocenters. The first-order valence-corrected chi connectivity index (χ1v) is 11.3. The van der Waals surface area contributed by atoms with Crippen LogP contribution in [-0.4, -0.2) is 31.3 Å². The van der Waals surface area contributed by atoms with Crippen molar-refractivity contribution >= 4 is 16.9 Å². The fourth-order valence-electron chi connectivity index (χ4n) is 3.91. The van der Waals surface area contributed by atoms with E-state index in [1.807, 2.05) is 56.3 Å². The summed E-state index contributed by atoms with van der Waals surface area (Å²) in [6.07, 6.45) is 3.54. The van der Waals surface area contributed by atoms with Crippen molar-refractivity contribution in [3.05, 3.63) is 88.1 Å². The van der Waals surface area contributed by atoms with Crippen LogP contribution in [0.15, 0.2) is 65.6 Å². The van der Waals surface area contributed by atoms with Gasteiger partial charge in [-0.3, -0.25) is 14.2 Å². The largest absolute Gasteiger partial charge is 0.354 e. The molecule has 2 heterocycles. The number of amides is 1. The average Bonchev–Trinajstić information content (AvgIpc) is 3.22. The summed E-state index contributed by atoms with van der Waals surface area (Å²) >= 11 is 0. The van der Waals surface area contributed by atoms with Crippen LogP contribution in [0.2, 0.25) is 0 Å². The summed E-state index contributed by atoms with van der Waals surface area (Å²) in [6, 6.07) is 18.2. The second-order valence-electron chi connectivity index (χ2n) is 8.49. The fraction of sp³-hybridized carbons (Fsp3) is 0.308. The molecule has 4 rings (SSSR count). The molecule has 170 valence electrons. The number of nitrogens with zero attached hydrogens (tertiary/aromatic N) is 4. The normalized spacial score (nSPS) is 12.1. The Kier molecular flexibility index (Phi) is 6.68. The molecule has 0 saturated heterocycles. The molecule has 0 radical (unpaired) electrons. The molecule has 2 aromatic heterocycles. The zero-order chi connectivity index (χ0) is 23.4. The van der Waals surface area contributed by atoms with Crippen LogP contribution in [0.25, 0.3) is 16.7 Å². The third-order valence-corrected chi connectivity index (χ3v) is 5.83. The molecule has 0 fully saturated rings. The minimum atomic E-state index is -0.180. The molecule has 4 aromatic rings. The smallest absolute Gasteiger partial charge is 0.264 e. The number of nitrogens with one attached hydrogen (secondary N) is 1. The highest BCUT2D eigenvalue weighted by atomic mass is 16.2. The van der Waals surface area contributed by atoms with Gasteiger partial charge in [0, 0.05) is 19.0 Å². The molecule has 1 amide bonds. The van der Waals surface area contributed by atoms with Crippen LogP contribution < -0.4 is 10.9 Å². The van der Waals surface area contributed by atoms with Crippen molar-refractivity contribution in [2.75, 3.05) is 0 Å². The van der Waals surface area contributed by atoms with Gasteiger partial charge < -0.3 is 5.32 Å². The predicted molar refractivity (Wildman–Crippen MR) is 130 cm³/mol. The van der Waals surface area contributed by atoms with Gasteiger partial charge in [0.1, 0.15) is 11.2 Å². The lowest BCUT2D eigenvalue weighted by Gasteiger charge is -2.15. The molecule has 0 aliphatic rings. The van der Waals surface area contributed by atoms with Gasteiger partial charge in [-0.05, 0) is 51.3 Å². The molecule has 1 atom stereocenters. The van der Waals surface area contributed by atoms with Gasteiger partial charge in [-0.15, -0.1) is 0 Å². The molecular formula is C26H29N5O2. The van der Waals surface area contributed by atoms with E-state index >= 15 is 0 Å². The van der Waals surface area contributed by atoms with Gasteiger partial charge in [0.05, 0.1) is 11.9 Å². The van der Waals surface area contributed by atoms with E-state index in [2.05, 4.69) is 27.5 Å². The molecule has 7 nitrogen and oxygen atoms in total. The van der Waals surface area contributed by atoms with Crippen LogP contribution >= 0.6 is 0 Å². The maximum atomic E-state index is 13.1. The van der Waals surface area contributed by atoms with Crippen molar-refractivity contribution in [3.8, 4) is 5.69 Å². The molecule has 2 aromatic carbocycles. The quantitative estimate of drug-likeness (QED) is 0.450. The number of fused-ring (bicyclic) bond motifs is 1. The number of rotatable bonds is 8. The molecular weight excluding hydrogens is 414 g/mol. The summed E-state index contributed by atoms with van der Waals surface area (Å²) < 4.78 is 3.23. The number of carbonyl (C=O) groups excluding carboxylic acids is 1. The monoisotopic (exact) mass is 443 g/mol. The molecule has 0 spiro atoms. The minimum Gasteiger partial charge on any atom is -0.354 e. The van der Waals surface area contributed by atoms with E-state index in [0.29, 0.717) is 16.9 Å². The van der Waals surface area contributed by atoms with E-state index in [-0.39, 0.29) is 30.5 Å². The molecule has 0 aliphatic carbocycles. The van der Waals surface area contributed by atoms with Crippen molar-refractivity contribution in [1.29, 1.82) is 0 Å². The minimum absolute atomic E-state index is 0.0591. The van der Waals surface area contributed by atoms with Gasteiger partial charge in [0.25, 0.3) is 5.56 Å². The van der Waals surface area contributed by atoms with Gasteiger partial charge in [0.15, 0.2) is 5.65 Å². The highest BCUT2D eigenvalue weighted by molar-refractivity contribution is 5.77. The van der Waals surface area contributed by atoms with E-state index < -0.39 is 0 Å². The van der Waals surface area contributed by atoms with Gasteiger partial charge in [-0.2, -0.15) is 5.10 Å². The Hall–Kier alpha value is -3.74. The fourth-order valence-corrected chi connectivity index (χ4v) is 3.91. The Bertz CT molecular complexity index is 1310. The first-order chi connectivity index (χ1) is 15.9. The zero-order valence-corrected chi connectivity index (χ0v) is 19.3. The van der Waals surface area contributed by atoms with Gasteiger partial charge >= 0.3 is 0 Å². The Morgan fingerprint density at radius 3 is 2.52 bits per heavy atom. The number of aromatic nitrogens is 4. The Morgan fingerprint density at radius 1 is 1.06 bits per heavy atom. The lowest BCUT2D eigenvalue weighted by molar-refractivity contribution is -0.121. The second-order valence-corrected chi connectivity index (χ2v) is 8.49. The Balaban J connectivity index is 1.41. The SMILES string of the molecule is Cc1ccc(-n2ncc3c(=O)n(CCC(=O)NC(C)CCc4ccccc4)c(C)nc32)cc1. The third kappa shape index (κ3) is 5.19. The maximum absolute atomic E-state index is 13.1. The molecule has 33 heavy (non-hydrogen) atoms. The molecule has 7 heteroatoms. The summed E-state index contributed by atoms with van der Waals surface area (Å²) in [5, 5.41) is 7.86. The third-order valence-electron chi connectivity index (χ3n) is 5.83. The zero-order valence-electron chi connectivity index (χ0n) is 19.3. The number of hydrogen-bond donors (Lipinski definition) is 1. The summed E-state index contributed by atoms with van der Waals surface area (Å²) in [4.78, 5) is 30.2. The van der Waals surface area contributed by atoms with Crippen LogP contribution in [0.5, 0.6) is 0 Å². The van der Waals surface area contributed by atoms with Gasteiger partial charge in [-0.1, -0.05) is 48.0 Å². The number of aryl methyl sites for hydroxylation is 3. The van der Waals surface area contributed by atoms with Crippen molar-refractivity contribution in [3.63, 3.8) is 0 Å². The lowest BCUT2D eigenvalue weighted by Crippen LogP contribution is -2.34. The van der Waals surface area contributed by atoms with E-state index in [4.69, 9.17) is 0 Å². The average molecular weight is 444 g/mol. The molecule has 0 bridgehead atoms. The maximum Gasteiger partial charge on any atom is 0.264 e. The van der Waals surface area contributed by atoms with Crippen LogP contribution in [0, 0.1) is 13.8 Å². The van der Waals surface area contributed by atoms with E-state index in [0.717, 1.165) is 24.1 Å². The van der Waals surface area contributed by atoms with Crippen molar-refractivity contribution in [2.24, 2.45) is 0 Å². The van der Waals surface area contributed by atoms with Crippen molar-refractivity contribution in [2.45, 2.75) is 52.6 Å². The second kappa shape index (κ2) is 9.81. The Morgan fingerprint density at radius 2 is 1.79 bits per heavy atom. The molecule has 0 saturated carbocycles. The first-order valence-electron chi connectivity index (χ1n) is 11.3. The lowest BCUT2D eigenvalue weighted by atomic mass is 10.1. The Labute approximate surface area is 193 Å². The first kappa shape index (κ1) is 22.5. The topological polar surface area (TPSA) is 81.8 Å². The van der Waals surface area contributed by atoms with E-state index in [1.165, 1.54) is 5.56 Å². The van der Waals surface area contributed by atoms with E-state index in [1.54, 1.807) is 22.4 Å².